The van der Waals surface area contributed by atoms with Gasteiger partial charge in [-0.25, -0.2) is 9.37 Å². The van der Waals surface area contributed by atoms with Gasteiger partial charge in [-0.2, -0.15) is 0 Å². The van der Waals surface area contributed by atoms with E-state index in [0.717, 1.165) is 28.2 Å². The van der Waals surface area contributed by atoms with E-state index in [2.05, 4.69) is 25.9 Å². The number of carbonyl (C=O) groups is 3. The Hall–Kier alpha value is -4.17. The molecule has 11 nitrogen and oxygen atoms in total. The van der Waals surface area contributed by atoms with E-state index in [-0.39, 0.29) is 23.6 Å². The number of hydrogen-bond acceptors (Lipinski definition) is 8. The van der Waals surface area contributed by atoms with E-state index in [1.54, 1.807) is 25.4 Å². The highest BCUT2D eigenvalue weighted by atomic mass is 35.5. The summed E-state index contributed by atoms with van der Waals surface area (Å²) in [5, 5.41) is 10.8. The van der Waals surface area contributed by atoms with Crippen LogP contribution in [0, 0.1) is 5.82 Å². The van der Waals surface area contributed by atoms with Crippen molar-refractivity contribution in [3.63, 3.8) is 0 Å². The molecular weight excluding hydrogens is 667 g/mol. The molecular formula is C35H42ClFN8O3S. The van der Waals surface area contributed by atoms with Crippen LogP contribution in [0.3, 0.4) is 0 Å². The summed E-state index contributed by atoms with van der Waals surface area (Å²) in [6.45, 7) is 0.598. The Kier molecular flexibility index (Phi) is 12.5. The number of aromatic nitrogens is 2. The van der Waals surface area contributed by atoms with Gasteiger partial charge in [0.05, 0.1) is 10.7 Å². The average Bonchev–Trinajstić information content (AvgIpc) is 3.52. The summed E-state index contributed by atoms with van der Waals surface area (Å²) in [4.78, 5) is 51.9. The number of nitrogens with two attached hydrogens (primary N) is 2. The lowest BCUT2D eigenvalue weighted by molar-refractivity contribution is -0.142. The van der Waals surface area contributed by atoms with Crippen LogP contribution >= 0.6 is 23.4 Å². The molecule has 2 aromatic carbocycles. The van der Waals surface area contributed by atoms with Gasteiger partial charge in [-0.05, 0) is 81.1 Å². The van der Waals surface area contributed by atoms with E-state index in [4.69, 9.17) is 23.1 Å². The second kappa shape index (κ2) is 17.0. The quantitative estimate of drug-likeness (QED) is 0.140. The van der Waals surface area contributed by atoms with Crippen molar-refractivity contribution in [2.45, 2.75) is 73.1 Å². The molecule has 0 bridgehead atoms. The molecule has 0 fully saturated rings. The van der Waals surface area contributed by atoms with Gasteiger partial charge < -0.3 is 37.3 Å². The summed E-state index contributed by atoms with van der Waals surface area (Å²) < 4.78 is 15.5. The monoisotopic (exact) mass is 708 g/mol. The number of nitrogens with one attached hydrogen (secondary N) is 4. The van der Waals surface area contributed by atoms with Crippen LogP contribution in [-0.4, -0.2) is 70.9 Å². The highest BCUT2D eigenvalue weighted by Gasteiger charge is 2.34. The number of nitrogens with zero attached hydrogens (tertiary/aromatic N) is 2. The third kappa shape index (κ3) is 8.71. The van der Waals surface area contributed by atoms with Crippen LogP contribution < -0.4 is 27.4 Å². The summed E-state index contributed by atoms with van der Waals surface area (Å²) in [5.74, 6) is -1.88. The number of amides is 3. The lowest BCUT2D eigenvalue weighted by Crippen LogP contribution is -2.56. The molecule has 0 saturated heterocycles. The minimum atomic E-state index is -1.000. The van der Waals surface area contributed by atoms with Gasteiger partial charge in [0, 0.05) is 53.8 Å². The van der Waals surface area contributed by atoms with E-state index in [1.807, 2.05) is 30.5 Å². The second-order valence-electron chi connectivity index (χ2n) is 12.0. The Morgan fingerprint density at radius 1 is 0.959 bits per heavy atom. The maximum atomic E-state index is 15.5. The largest absolute Gasteiger partial charge is 0.371 e. The van der Waals surface area contributed by atoms with Crippen molar-refractivity contribution in [3.8, 4) is 0 Å². The number of hydrogen-bond donors (Lipinski definition) is 6. The first-order chi connectivity index (χ1) is 23.7. The molecule has 5 rings (SSSR count). The number of aromatic amines is 1. The van der Waals surface area contributed by atoms with Crippen LogP contribution in [0.15, 0.2) is 70.8 Å². The summed E-state index contributed by atoms with van der Waals surface area (Å²) in [5.41, 5.74) is 14.0. The Morgan fingerprint density at radius 2 is 1.73 bits per heavy atom. The van der Waals surface area contributed by atoms with Crippen molar-refractivity contribution in [1.29, 1.82) is 0 Å². The van der Waals surface area contributed by atoms with E-state index in [1.165, 1.54) is 17.0 Å². The van der Waals surface area contributed by atoms with Crippen molar-refractivity contribution in [2.75, 3.05) is 25.5 Å². The predicted molar refractivity (Wildman–Crippen MR) is 191 cm³/mol. The first kappa shape index (κ1) is 36.1. The molecule has 3 amide bonds. The number of carbonyl (C=O) groups excluding carboxylic acids is 3. The number of pyridine rings is 1. The van der Waals surface area contributed by atoms with Gasteiger partial charge in [0.25, 0.3) is 0 Å². The fourth-order valence-corrected chi connectivity index (χ4v) is 7.23. The molecule has 0 aliphatic carbocycles. The lowest BCUT2D eigenvalue weighted by atomic mass is 10.0. The number of benzene rings is 2. The van der Waals surface area contributed by atoms with Crippen molar-refractivity contribution in [3.05, 3.63) is 82.9 Å². The van der Waals surface area contributed by atoms with Crippen LogP contribution in [-0.2, 0) is 27.3 Å². The summed E-state index contributed by atoms with van der Waals surface area (Å²) in [7, 11) is 1.56. The Balaban J connectivity index is 1.59. The fourth-order valence-electron chi connectivity index (χ4n) is 5.94. The number of fused-ring (bicyclic) bond motifs is 3. The molecule has 0 spiro atoms. The minimum Gasteiger partial charge on any atom is -0.371 e. The Bertz CT molecular complexity index is 1790. The Labute approximate surface area is 294 Å². The predicted octanol–water partition coefficient (Wildman–Crippen LogP) is 4.34. The van der Waals surface area contributed by atoms with Crippen molar-refractivity contribution in [1.82, 2.24) is 25.5 Å². The van der Waals surface area contributed by atoms with E-state index >= 15 is 4.39 Å². The van der Waals surface area contributed by atoms with Crippen LogP contribution in [0.25, 0.3) is 10.9 Å². The van der Waals surface area contributed by atoms with Crippen LogP contribution in [0.1, 0.15) is 43.2 Å². The van der Waals surface area contributed by atoms with E-state index in [0.29, 0.717) is 60.8 Å². The fraction of sp³-hybridized carbons (Fsp3) is 0.371. The van der Waals surface area contributed by atoms with Gasteiger partial charge in [-0.1, -0.05) is 41.6 Å². The van der Waals surface area contributed by atoms with Gasteiger partial charge in [0.15, 0.2) is 0 Å². The smallest absolute Gasteiger partial charge is 0.245 e. The molecule has 49 heavy (non-hydrogen) atoms. The molecule has 14 heteroatoms. The summed E-state index contributed by atoms with van der Waals surface area (Å²) in [6, 6.07) is 11.2. The molecule has 1 aliphatic heterocycles. The van der Waals surface area contributed by atoms with Crippen LogP contribution in [0.5, 0.6) is 0 Å². The normalized spacial score (nSPS) is 19.2. The molecule has 3 heterocycles. The Morgan fingerprint density at radius 3 is 2.53 bits per heavy atom. The number of likely N-dealkylation sites (N-methyl/N-ethyl adjacent to an activating group) is 1. The van der Waals surface area contributed by atoms with Crippen molar-refractivity contribution >= 4 is 57.7 Å². The van der Waals surface area contributed by atoms with Crippen molar-refractivity contribution in [2.24, 2.45) is 11.5 Å². The number of H-pyrrole nitrogens is 1. The number of anilines is 1. The zero-order valence-electron chi connectivity index (χ0n) is 27.3. The van der Waals surface area contributed by atoms with Gasteiger partial charge in [-0.3, -0.25) is 14.4 Å². The third-order valence-corrected chi connectivity index (χ3v) is 10.3. The topological polar surface area (TPSA) is 171 Å². The minimum absolute atomic E-state index is 0.166. The standard InChI is InChI=1S/C35H42ClFN8O3S/c1-45-30(18-21-19-41-26-9-3-2-8-22(21)26)33(47)42-20-23-25(37)14-13-24(36)31(23)49-34-28(12-7-17-40-34)43-27(11-6-16-39)32(46)44-29(35(45)48)10-4-5-15-38/h2-3,7-9,12-14,17,19,27,29-30,41,43H,4-6,10-11,15-16,18,20,38-39H2,1H3,(H,42,47)(H,44,46)/t27-,29?,30+/m1/s1. The first-order valence-electron chi connectivity index (χ1n) is 16.4. The lowest BCUT2D eigenvalue weighted by Gasteiger charge is -2.32. The van der Waals surface area contributed by atoms with Gasteiger partial charge >= 0.3 is 0 Å². The number of para-hydroxylation sites is 1. The van der Waals surface area contributed by atoms with Gasteiger partial charge in [-0.15, -0.1) is 0 Å². The molecule has 1 unspecified atom stereocenters. The summed E-state index contributed by atoms with van der Waals surface area (Å²) >= 11 is 7.77. The number of unbranched alkanes of at least 4 members (excludes halogenated alkanes) is 1. The molecule has 3 atom stereocenters. The van der Waals surface area contributed by atoms with Gasteiger partial charge in [0.2, 0.25) is 17.7 Å². The van der Waals surface area contributed by atoms with Crippen LogP contribution in [0.4, 0.5) is 10.1 Å². The van der Waals surface area contributed by atoms with Crippen LogP contribution in [0.2, 0.25) is 5.02 Å². The highest BCUT2D eigenvalue weighted by Crippen LogP contribution is 2.39. The number of rotatable bonds is 9. The third-order valence-electron chi connectivity index (χ3n) is 8.68. The van der Waals surface area contributed by atoms with Crippen molar-refractivity contribution < 1.29 is 18.8 Å². The molecule has 0 radical (unpaired) electrons. The van der Waals surface area contributed by atoms with Gasteiger partial charge in [0.1, 0.15) is 29.0 Å². The van der Waals surface area contributed by atoms with E-state index < -0.39 is 41.7 Å². The zero-order chi connectivity index (χ0) is 34.9. The molecule has 8 N–H and O–H groups in total. The maximum Gasteiger partial charge on any atom is 0.245 e. The molecule has 4 aromatic rings. The average molecular weight is 709 g/mol. The molecule has 0 saturated carbocycles. The SMILES string of the molecule is CN1C(=O)C(CCCCN)NC(=O)[C@@H](CCCN)Nc2cccnc2Sc2c(Cl)ccc(F)c2CNC(=O)[C@@H]1Cc1c[nH]c2ccccc12. The highest BCUT2D eigenvalue weighted by molar-refractivity contribution is 7.99. The summed E-state index contributed by atoms with van der Waals surface area (Å²) in [6.07, 6.45) is 6.04. The zero-order valence-corrected chi connectivity index (χ0v) is 28.9. The molecule has 1 aliphatic rings. The second-order valence-corrected chi connectivity index (χ2v) is 13.4. The maximum absolute atomic E-state index is 15.5. The van der Waals surface area contributed by atoms with E-state index in [9.17, 15) is 14.4 Å². The molecule has 2 aromatic heterocycles. The number of halogens is 2. The first-order valence-corrected chi connectivity index (χ1v) is 17.6. The molecule has 260 valence electrons.